The van der Waals surface area contributed by atoms with Crippen molar-refractivity contribution in [3.63, 3.8) is 0 Å². The molecule has 0 bridgehead atoms. The van der Waals surface area contributed by atoms with E-state index in [1.54, 1.807) is 23.5 Å². The van der Waals surface area contributed by atoms with E-state index in [0.717, 1.165) is 21.8 Å². The lowest BCUT2D eigenvalue weighted by molar-refractivity contribution is 1.40. The minimum atomic E-state index is 0.467. The molecule has 0 saturated carbocycles. The summed E-state index contributed by atoms with van der Waals surface area (Å²) in [7, 11) is 0. The number of thiophene rings is 1. The molecule has 0 amide bonds. The molecule has 17 heavy (non-hydrogen) atoms. The standard InChI is InChI=1S/C12H10Cl3NS/c1-7-11(8(5-13)6-17-7)16-12-9(14)3-2-4-10(12)15/h2-4,6,16H,5H2,1H3. The average molecular weight is 307 g/mol. The second-order valence-corrected chi connectivity index (χ2v) is 5.71. The van der Waals surface area contributed by atoms with Crippen LogP contribution in [0.1, 0.15) is 10.4 Å². The zero-order valence-electron chi connectivity index (χ0n) is 9.06. The minimum Gasteiger partial charge on any atom is -0.352 e. The van der Waals surface area contributed by atoms with Crippen LogP contribution in [0.15, 0.2) is 23.6 Å². The smallest absolute Gasteiger partial charge is 0.0763 e. The fourth-order valence-electron chi connectivity index (χ4n) is 1.51. The number of nitrogens with one attached hydrogen (secondary N) is 1. The second kappa shape index (κ2) is 5.49. The van der Waals surface area contributed by atoms with Crippen molar-refractivity contribution in [1.29, 1.82) is 0 Å². The van der Waals surface area contributed by atoms with Crippen molar-refractivity contribution in [3.05, 3.63) is 44.1 Å². The predicted octanol–water partition coefficient (Wildman–Crippen LogP) is 5.85. The number of anilines is 2. The molecule has 1 heterocycles. The van der Waals surface area contributed by atoms with Gasteiger partial charge in [-0.3, -0.25) is 0 Å². The lowest BCUT2D eigenvalue weighted by atomic mass is 10.2. The van der Waals surface area contributed by atoms with Crippen LogP contribution in [0.5, 0.6) is 0 Å². The van der Waals surface area contributed by atoms with Crippen LogP contribution in [0.4, 0.5) is 11.4 Å². The summed E-state index contributed by atoms with van der Waals surface area (Å²) in [6.45, 7) is 2.04. The molecule has 1 aromatic heterocycles. The van der Waals surface area contributed by atoms with Gasteiger partial charge in [0.25, 0.3) is 0 Å². The molecule has 90 valence electrons. The topological polar surface area (TPSA) is 12.0 Å². The summed E-state index contributed by atoms with van der Waals surface area (Å²) < 4.78 is 0. The van der Waals surface area contributed by atoms with Gasteiger partial charge in [-0.15, -0.1) is 22.9 Å². The Balaban J connectivity index is 2.41. The highest BCUT2D eigenvalue weighted by Gasteiger charge is 2.11. The molecule has 5 heteroatoms. The summed E-state index contributed by atoms with van der Waals surface area (Å²) in [5.74, 6) is 0.467. The predicted molar refractivity (Wildman–Crippen MR) is 78.4 cm³/mol. The Bertz CT molecular complexity index is 516. The quantitative estimate of drug-likeness (QED) is 0.702. The molecule has 0 spiro atoms. The zero-order valence-corrected chi connectivity index (χ0v) is 12.1. The molecule has 1 aromatic carbocycles. The van der Waals surface area contributed by atoms with Crippen LogP contribution < -0.4 is 5.32 Å². The van der Waals surface area contributed by atoms with E-state index in [9.17, 15) is 0 Å². The maximum atomic E-state index is 6.12. The summed E-state index contributed by atoms with van der Waals surface area (Å²) in [5, 5.41) is 6.51. The van der Waals surface area contributed by atoms with Gasteiger partial charge in [-0.2, -0.15) is 0 Å². The third-order valence-electron chi connectivity index (χ3n) is 2.41. The normalized spacial score (nSPS) is 10.6. The fourth-order valence-corrected chi connectivity index (χ4v) is 3.13. The fraction of sp³-hybridized carbons (Fsp3) is 0.167. The number of hydrogen-bond donors (Lipinski definition) is 1. The molecule has 0 saturated heterocycles. The van der Waals surface area contributed by atoms with Crippen molar-refractivity contribution in [1.82, 2.24) is 0 Å². The second-order valence-electron chi connectivity index (χ2n) is 3.55. The molecule has 0 unspecified atom stereocenters. The van der Waals surface area contributed by atoms with Crippen LogP contribution in [0.2, 0.25) is 10.0 Å². The van der Waals surface area contributed by atoms with E-state index in [2.05, 4.69) is 5.32 Å². The van der Waals surface area contributed by atoms with E-state index in [4.69, 9.17) is 34.8 Å². The lowest BCUT2D eigenvalue weighted by Gasteiger charge is -2.11. The van der Waals surface area contributed by atoms with Gasteiger partial charge in [0.05, 0.1) is 27.3 Å². The third kappa shape index (κ3) is 2.71. The van der Waals surface area contributed by atoms with Crippen LogP contribution in [-0.4, -0.2) is 0 Å². The molecule has 0 aliphatic heterocycles. The van der Waals surface area contributed by atoms with Gasteiger partial charge in [0.15, 0.2) is 0 Å². The van der Waals surface area contributed by atoms with Crippen LogP contribution in [-0.2, 0) is 5.88 Å². The molecule has 0 radical (unpaired) electrons. The average Bonchev–Trinajstić information content (AvgIpc) is 2.65. The van der Waals surface area contributed by atoms with Crippen LogP contribution >= 0.6 is 46.1 Å². The Kier molecular flexibility index (Phi) is 4.21. The molecule has 0 aliphatic carbocycles. The molecular formula is C12H10Cl3NS. The number of halogens is 3. The molecule has 1 N–H and O–H groups in total. The number of rotatable bonds is 3. The maximum absolute atomic E-state index is 6.12. The SMILES string of the molecule is Cc1scc(CCl)c1Nc1c(Cl)cccc1Cl. The molecule has 0 fully saturated rings. The van der Waals surface area contributed by atoms with Crippen LogP contribution in [0.25, 0.3) is 0 Å². The first-order valence-corrected chi connectivity index (χ1v) is 7.14. The highest BCUT2D eigenvalue weighted by atomic mass is 35.5. The molecule has 2 rings (SSSR count). The van der Waals surface area contributed by atoms with Crippen molar-refractivity contribution in [2.24, 2.45) is 0 Å². The van der Waals surface area contributed by atoms with Crippen molar-refractivity contribution >= 4 is 57.5 Å². The largest absolute Gasteiger partial charge is 0.352 e. The number of alkyl halides is 1. The van der Waals surface area contributed by atoms with Crippen molar-refractivity contribution < 1.29 is 0 Å². The Morgan fingerprint density at radius 2 is 1.82 bits per heavy atom. The number of hydrogen-bond acceptors (Lipinski definition) is 2. The van der Waals surface area contributed by atoms with Crippen LogP contribution in [0.3, 0.4) is 0 Å². The van der Waals surface area contributed by atoms with Gasteiger partial charge in [-0.25, -0.2) is 0 Å². The Hall–Kier alpha value is -0.410. The summed E-state index contributed by atoms with van der Waals surface area (Å²) in [4.78, 5) is 1.16. The van der Waals surface area contributed by atoms with Crippen molar-refractivity contribution in [3.8, 4) is 0 Å². The van der Waals surface area contributed by atoms with E-state index in [-0.39, 0.29) is 0 Å². The highest BCUT2D eigenvalue weighted by Crippen LogP contribution is 2.37. The molecule has 0 atom stereocenters. The summed E-state index contributed by atoms with van der Waals surface area (Å²) in [6, 6.07) is 5.43. The molecule has 0 aliphatic rings. The van der Waals surface area contributed by atoms with Crippen LogP contribution in [0, 0.1) is 6.92 Å². The summed E-state index contributed by atoms with van der Waals surface area (Å²) in [6.07, 6.45) is 0. The number of aryl methyl sites for hydroxylation is 1. The maximum Gasteiger partial charge on any atom is 0.0763 e. The Morgan fingerprint density at radius 1 is 1.18 bits per heavy atom. The monoisotopic (exact) mass is 305 g/mol. The minimum absolute atomic E-state index is 0.467. The lowest BCUT2D eigenvalue weighted by Crippen LogP contribution is -1.95. The van der Waals surface area contributed by atoms with Gasteiger partial charge in [0.2, 0.25) is 0 Å². The third-order valence-corrected chi connectivity index (χ3v) is 4.29. The van der Waals surface area contributed by atoms with E-state index >= 15 is 0 Å². The molecule has 1 nitrogen and oxygen atoms in total. The van der Waals surface area contributed by atoms with Gasteiger partial charge in [-0.1, -0.05) is 29.3 Å². The van der Waals surface area contributed by atoms with Gasteiger partial charge in [0, 0.05) is 10.4 Å². The first kappa shape index (κ1) is 13.0. The van der Waals surface area contributed by atoms with Crippen molar-refractivity contribution in [2.75, 3.05) is 5.32 Å². The van der Waals surface area contributed by atoms with Crippen molar-refractivity contribution in [2.45, 2.75) is 12.8 Å². The van der Waals surface area contributed by atoms with E-state index in [0.29, 0.717) is 15.9 Å². The molecular weight excluding hydrogens is 297 g/mol. The first-order chi connectivity index (χ1) is 8.13. The summed E-state index contributed by atoms with van der Waals surface area (Å²) in [5.41, 5.74) is 2.79. The first-order valence-electron chi connectivity index (χ1n) is 4.97. The zero-order chi connectivity index (χ0) is 12.4. The Labute approximate surface area is 119 Å². The van der Waals surface area contributed by atoms with E-state index in [1.165, 1.54) is 0 Å². The molecule has 2 aromatic rings. The highest BCUT2D eigenvalue weighted by molar-refractivity contribution is 7.10. The van der Waals surface area contributed by atoms with E-state index in [1.807, 2.05) is 18.4 Å². The number of para-hydroxylation sites is 1. The summed E-state index contributed by atoms with van der Waals surface area (Å²) >= 11 is 19.8. The van der Waals surface area contributed by atoms with Gasteiger partial charge < -0.3 is 5.32 Å². The van der Waals surface area contributed by atoms with Gasteiger partial charge >= 0.3 is 0 Å². The Morgan fingerprint density at radius 3 is 2.41 bits per heavy atom. The van der Waals surface area contributed by atoms with Gasteiger partial charge in [-0.05, 0) is 24.4 Å². The van der Waals surface area contributed by atoms with Gasteiger partial charge in [0.1, 0.15) is 0 Å². The number of benzene rings is 1. The van der Waals surface area contributed by atoms with E-state index < -0.39 is 0 Å².